The van der Waals surface area contributed by atoms with Gasteiger partial charge in [0.2, 0.25) is 5.91 Å². The van der Waals surface area contributed by atoms with Crippen molar-refractivity contribution in [2.75, 3.05) is 12.4 Å². The predicted octanol–water partition coefficient (Wildman–Crippen LogP) is 2.25. The van der Waals surface area contributed by atoms with Gasteiger partial charge in [-0.1, -0.05) is 17.7 Å². The third kappa shape index (κ3) is 2.82. The lowest BCUT2D eigenvalue weighted by Crippen LogP contribution is -2.11. The molecule has 1 aromatic carbocycles. The Labute approximate surface area is 115 Å². The van der Waals surface area contributed by atoms with Gasteiger partial charge in [0.1, 0.15) is 5.82 Å². The van der Waals surface area contributed by atoms with Crippen LogP contribution in [0.1, 0.15) is 16.1 Å². The Morgan fingerprint density at radius 2 is 2.05 bits per heavy atom. The van der Waals surface area contributed by atoms with Gasteiger partial charge < -0.3 is 11.1 Å². The number of nitrogens with one attached hydrogen (secondary N) is 1. The number of primary amides is 1. The van der Waals surface area contributed by atoms with Gasteiger partial charge in [0.05, 0.1) is 10.6 Å². The first-order valence-corrected chi connectivity index (χ1v) is 6.02. The van der Waals surface area contributed by atoms with Gasteiger partial charge >= 0.3 is 0 Å². The summed E-state index contributed by atoms with van der Waals surface area (Å²) in [6.07, 6.45) is 0. The van der Waals surface area contributed by atoms with Gasteiger partial charge in [-0.15, -0.1) is 0 Å². The van der Waals surface area contributed by atoms with Crippen LogP contribution in [-0.2, 0) is 0 Å². The lowest BCUT2D eigenvalue weighted by Gasteiger charge is -2.07. The summed E-state index contributed by atoms with van der Waals surface area (Å²) in [5, 5.41) is 3.26. The van der Waals surface area contributed by atoms with Gasteiger partial charge in [0.25, 0.3) is 0 Å². The van der Waals surface area contributed by atoms with Crippen LogP contribution in [0.25, 0.3) is 11.4 Å². The molecule has 0 aliphatic carbocycles. The number of nitrogens with zero attached hydrogens (tertiary/aromatic N) is 2. The Morgan fingerprint density at radius 1 is 1.32 bits per heavy atom. The van der Waals surface area contributed by atoms with E-state index in [2.05, 4.69) is 15.3 Å². The maximum atomic E-state index is 11.1. The van der Waals surface area contributed by atoms with Crippen molar-refractivity contribution in [3.8, 4) is 11.4 Å². The second kappa shape index (κ2) is 5.24. The fraction of sp³-hybridized carbons (Fsp3) is 0.154. The lowest BCUT2D eigenvalue weighted by atomic mass is 10.1. The molecule has 0 saturated carbocycles. The topological polar surface area (TPSA) is 80.9 Å². The molecule has 2 rings (SSSR count). The minimum atomic E-state index is -0.558. The molecule has 0 aliphatic rings. The van der Waals surface area contributed by atoms with Gasteiger partial charge in [-0.3, -0.25) is 4.79 Å². The predicted molar refractivity (Wildman–Crippen MR) is 75.3 cm³/mol. The largest absolute Gasteiger partial charge is 0.373 e. The van der Waals surface area contributed by atoms with Crippen LogP contribution in [0.3, 0.4) is 0 Å². The highest BCUT2D eigenvalue weighted by atomic mass is 35.5. The molecule has 0 bridgehead atoms. The summed E-state index contributed by atoms with van der Waals surface area (Å²) in [6.45, 7) is 1.88. The van der Waals surface area contributed by atoms with Crippen LogP contribution >= 0.6 is 11.6 Å². The third-order valence-electron chi connectivity index (χ3n) is 2.60. The zero-order valence-corrected chi connectivity index (χ0v) is 11.3. The Kier molecular flexibility index (Phi) is 3.66. The number of halogens is 1. The minimum absolute atomic E-state index is 0.284. The molecule has 1 aromatic heterocycles. The Hall–Kier alpha value is -2.14. The van der Waals surface area contributed by atoms with Gasteiger partial charge in [-0.05, 0) is 19.1 Å². The molecule has 6 heteroatoms. The molecule has 1 amide bonds. The van der Waals surface area contributed by atoms with E-state index >= 15 is 0 Å². The molecule has 3 N–H and O–H groups in total. The molecule has 98 valence electrons. The zero-order valence-electron chi connectivity index (χ0n) is 10.6. The van der Waals surface area contributed by atoms with Crippen molar-refractivity contribution < 1.29 is 4.79 Å². The number of amides is 1. The van der Waals surface area contributed by atoms with Crippen molar-refractivity contribution in [3.05, 3.63) is 40.5 Å². The van der Waals surface area contributed by atoms with Gasteiger partial charge in [0.15, 0.2) is 5.82 Å². The SMILES string of the molecule is CNc1cc(C)nc(-c2ccc(C(N)=O)c(Cl)c2)n1. The molecule has 0 atom stereocenters. The van der Waals surface area contributed by atoms with Crippen LogP contribution in [0.2, 0.25) is 5.02 Å². The first kappa shape index (κ1) is 13.3. The van der Waals surface area contributed by atoms with Crippen molar-refractivity contribution in [3.63, 3.8) is 0 Å². The number of aromatic nitrogens is 2. The number of anilines is 1. The van der Waals surface area contributed by atoms with Crippen LogP contribution in [-0.4, -0.2) is 22.9 Å². The Morgan fingerprint density at radius 3 is 2.63 bits per heavy atom. The molecule has 19 heavy (non-hydrogen) atoms. The fourth-order valence-electron chi connectivity index (χ4n) is 1.68. The molecule has 0 saturated heterocycles. The number of nitrogens with two attached hydrogens (primary N) is 1. The number of rotatable bonds is 3. The zero-order chi connectivity index (χ0) is 14.0. The highest BCUT2D eigenvalue weighted by molar-refractivity contribution is 6.34. The smallest absolute Gasteiger partial charge is 0.250 e. The molecule has 1 heterocycles. The normalized spacial score (nSPS) is 10.3. The number of aryl methyl sites for hydroxylation is 1. The number of hydrogen-bond donors (Lipinski definition) is 2. The van der Waals surface area contributed by atoms with Gasteiger partial charge in [-0.25, -0.2) is 9.97 Å². The molecule has 0 aliphatic heterocycles. The van der Waals surface area contributed by atoms with Crippen LogP contribution in [0, 0.1) is 6.92 Å². The summed E-state index contributed by atoms with van der Waals surface area (Å²) in [4.78, 5) is 19.8. The van der Waals surface area contributed by atoms with Crippen LogP contribution in [0.5, 0.6) is 0 Å². The van der Waals surface area contributed by atoms with E-state index in [9.17, 15) is 4.79 Å². The summed E-state index contributed by atoms with van der Waals surface area (Å²) >= 11 is 6.02. The first-order chi connectivity index (χ1) is 9.01. The quantitative estimate of drug-likeness (QED) is 0.901. The fourth-order valence-corrected chi connectivity index (χ4v) is 1.95. The Balaban J connectivity index is 2.50. The minimum Gasteiger partial charge on any atom is -0.373 e. The number of carbonyl (C=O) groups excluding carboxylic acids is 1. The van der Waals surface area contributed by atoms with E-state index in [0.717, 1.165) is 17.1 Å². The third-order valence-corrected chi connectivity index (χ3v) is 2.92. The summed E-state index contributed by atoms with van der Waals surface area (Å²) in [6, 6.07) is 6.77. The van der Waals surface area contributed by atoms with Crippen molar-refractivity contribution in [2.45, 2.75) is 6.92 Å². The van der Waals surface area contributed by atoms with E-state index in [0.29, 0.717) is 10.8 Å². The average molecular weight is 277 g/mol. The van der Waals surface area contributed by atoms with Crippen molar-refractivity contribution >= 4 is 23.3 Å². The van der Waals surface area contributed by atoms with E-state index in [1.165, 1.54) is 0 Å². The van der Waals surface area contributed by atoms with E-state index < -0.39 is 5.91 Å². The second-order valence-electron chi connectivity index (χ2n) is 4.03. The number of hydrogen-bond acceptors (Lipinski definition) is 4. The lowest BCUT2D eigenvalue weighted by molar-refractivity contribution is 0.100. The molecule has 0 spiro atoms. The summed E-state index contributed by atoms with van der Waals surface area (Å²) in [5.41, 5.74) is 7.06. The van der Waals surface area contributed by atoms with E-state index in [1.807, 2.05) is 13.0 Å². The molecule has 0 radical (unpaired) electrons. The van der Waals surface area contributed by atoms with Crippen molar-refractivity contribution in [1.82, 2.24) is 9.97 Å². The number of carbonyl (C=O) groups is 1. The molecule has 2 aromatic rings. The van der Waals surface area contributed by atoms with E-state index in [-0.39, 0.29) is 5.56 Å². The summed E-state index contributed by atoms with van der Waals surface area (Å²) in [7, 11) is 1.79. The van der Waals surface area contributed by atoms with E-state index in [4.69, 9.17) is 17.3 Å². The van der Waals surface area contributed by atoms with Crippen LogP contribution in [0.15, 0.2) is 24.3 Å². The van der Waals surface area contributed by atoms with E-state index in [1.54, 1.807) is 25.2 Å². The molecule has 0 fully saturated rings. The number of benzene rings is 1. The monoisotopic (exact) mass is 276 g/mol. The first-order valence-electron chi connectivity index (χ1n) is 5.64. The van der Waals surface area contributed by atoms with Crippen molar-refractivity contribution in [2.24, 2.45) is 5.73 Å². The maximum absolute atomic E-state index is 11.1. The molecule has 5 nitrogen and oxygen atoms in total. The highest BCUT2D eigenvalue weighted by Gasteiger charge is 2.10. The molecular weight excluding hydrogens is 264 g/mol. The van der Waals surface area contributed by atoms with Gasteiger partial charge in [0, 0.05) is 24.4 Å². The average Bonchev–Trinajstić information content (AvgIpc) is 2.37. The Bertz CT molecular complexity index is 643. The highest BCUT2D eigenvalue weighted by Crippen LogP contribution is 2.24. The maximum Gasteiger partial charge on any atom is 0.250 e. The molecular formula is C13H13ClN4O. The van der Waals surface area contributed by atoms with Crippen LogP contribution in [0.4, 0.5) is 5.82 Å². The molecule has 0 unspecified atom stereocenters. The van der Waals surface area contributed by atoms with Crippen molar-refractivity contribution in [1.29, 1.82) is 0 Å². The second-order valence-corrected chi connectivity index (χ2v) is 4.43. The summed E-state index contributed by atoms with van der Waals surface area (Å²) < 4.78 is 0. The summed E-state index contributed by atoms with van der Waals surface area (Å²) in [5.74, 6) is 0.706. The van der Waals surface area contributed by atoms with Crippen LogP contribution < -0.4 is 11.1 Å². The standard InChI is InChI=1S/C13H13ClN4O/c1-7-5-11(16-2)18-13(17-7)8-3-4-9(12(15)19)10(14)6-8/h3-6H,1-2H3,(H2,15,19)(H,16,17,18). The van der Waals surface area contributed by atoms with Gasteiger partial charge in [-0.2, -0.15) is 0 Å².